The Morgan fingerprint density at radius 3 is 1.17 bits per heavy atom. The second kappa shape index (κ2) is 45.6. The Hall–Kier alpha value is -7.86. The van der Waals surface area contributed by atoms with Gasteiger partial charge in [-0.2, -0.15) is 4.98 Å². The van der Waals surface area contributed by atoms with Gasteiger partial charge >= 0.3 is 23.9 Å². The van der Waals surface area contributed by atoms with Gasteiger partial charge in [-0.15, -0.1) is 0 Å². The van der Waals surface area contributed by atoms with Crippen LogP contribution in [0, 0.1) is 41.6 Å². The number of benzene rings is 5. The number of carboxylic acids is 2. The molecule has 6 aromatic rings. The molecule has 3 fully saturated rings. The summed E-state index contributed by atoms with van der Waals surface area (Å²) in [4.78, 5) is 47.7. The van der Waals surface area contributed by atoms with Gasteiger partial charge in [0.1, 0.15) is 17.5 Å². The Balaban J connectivity index is 0.000000635. The number of methoxy groups -OCH3 is 2. The van der Waals surface area contributed by atoms with E-state index in [0.717, 1.165) is 98.0 Å². The average Bonchev–Trinajstić information content (AvgIpc) is 1.58. The van der Waals surface area contributed by atoms with Gasteiger partial charge in [0.25, 0.3) is 14.9 Å². The number of carboxylic acid groups (broad SMARTS) is 2. The largest absolute Gasteiger partial charge is 0.478 e. The quantitative estimate of drug-likeness (QED) is 0.0169. The van der Waals surface area contributed by atoms with E-state index in [0.29, 0.717) is 41.2 Å². The fourth-order valence-corrected chi connectivity index (χ4v) is 14.1. The molecule has 1 aromatic heterocycles. The number of carbonyl (C=O) groups excluding carboxylic acids is 2. The number of aromatic nitrogens is 2. The monoisotopic (exact) mass is 1600 g/mol. The molecule has 9 rings (SSSR count). The van der Waals surface area contributed by atoms with Crippen molar-refractivity contribution in [1.29, 1.82) is 5.41 Å². The third-order valence-electron chi connectivity index (χ3n) is 15.7. The first-order valence-corrected chi connectivity index (χ1v) is 40.4. The zero-order valence-corrected chi connectivity index (χ0v) is 64.3. The number of amidine groups is 1. The van der Waals surface area contributed by atoms with E-state index < -0.39 is 112 Å². The summed E-state index contributed by atoms with van der Waals surface area (Å²) < 4.78 is 177. The molecule has 15 N–H and O–H groups in total. The lowest BCUT2D eigenvalue weighted by Gasteiger charge is -2.22. The number of nitrogens with zero attached hydrogens (tertiary/aromatic N) is 2. The highest BCUT2D eigenvalue weighted by Gasteiger charge is 2.26. The highest BCUT2D eigenvalue weighted by atomic mass is 35.7. The van der Waals surface area contributed by atoms with Gasteiger partial charge in [-0.3, -0.25) is 5.41 Å². The summed E-state index contributed by atoms with van der Waals surface area (Å²) in [5, 5.41) is 27.2. The van der Waals surface area contributed by atoms with Crippen LogP contribution in [-0.2, 0) is 71.5 Å². The van der Waals surface area contributed by atoms with Crippen LogP contribution in [0.2, 0.25) is 0 Å². The molecule has 3 aliphatic carbocycles. The smallest absolute Gasteiger partial charge is 0.340 e. The maximum absolute atomic E-state index is 13.2. The molecule has 30 nitrogen and oxygen atoms in total. The summed E-state index contributed by atoms with van der Waals surface area (Å²) in [6.07, 6.45) is 20.7. The minimum atomic E-state index is -4.03. The molecular formula is C66H94ClF3N10O20S5. The van der Waals surface area contributed by atoms with Crippen LogP contribution in [0.1, 0.15) is 162 Å². The number of carbonyl (C=O) groups is 4. The Morgan fingerprint density at radius 1 is 0.533 bits per heavy atom. The third-order valence-corrected chi connectivity index (χ3v) is 22.7. The van der Waals surface area contributed by atoms with E-state index in [1.54, 1.807) is 31.2 Å². The molecule has 0 aliphatic heterocycles. The van der Waals surface area contributed by atoms with Gasteiger partial charge in [0.15, 0.2) is 5.82 Å². The zero-order chi connectivity index (χ0) is 78.9. The molecule has 0 radical (unpaired) electrons. The summed E-state index contributed by atoms with van der Waals surface area (Å²) in [6, 6.07) is 18.2. The summed E-state index contributed by atoms with van der Waals surface area (Å²) in [7, 11) is -4.58. The van der Waals surface area contributed by atoms with Gasteiger partial charge in [-0.1, -0.05) is 101 Å². The number of nitrogens with one attached hydrogen (secondary N) is 5. The Kier molecular flexibility index (Phi) is 41.3. The van der Waals surface area contributed by atoms with E-state index in [9.17, 15) is 74.4 Å². The number of hydrogen-bond donors (Lipinski definition) is 10. The summed E-state index contributed by atoms with van der Waals surface area (Å²) >= 11 is 0. The summed E-state index contributed by atoms with van der Waals surface area (Å²) in [5.41, 5.74) is 16.0. The van der Waals surface area contributed by atoms with Gasteiger partial charge in [0.2, 0.25) is 40.1 Å². The van der Waals surface area contributed by atoms with Crippen LogP contribution in [0.4, 0.5) is 13.2 Å². The van der Waals surface area contributed by atoms with Crippen molar-refractivity contribution in [3.8, 4) is 11.5 Å². The van der Waals surface area contributed by atoms with Gasteiger partial charge in [-0.05, 0) is 177 Å². The van der Waals surface area contributed by atoms with Gasteiger partial charge in [0, 0.05) is 22.3 Å². The number of hydrogen-bond acceptors (Lipinski definition) is 22. The van der Waals surface area contributed by atoms with Crippen LogP contribution >= 0.6 is 10.7 Å². The number of ether oxygens (including phenoxy) is 2. The molecule has 1 heterocycles. The number of nitrogens with two attached hydrogens (primary N) is 3. The SMILES string of the molecule is CC(=N)N.CN.CNS(=O)(=O)c1ccc(CC2CCCCC2)c(-c2nc(C)no2)c1.CNS(=O)(=O)c1ccc(CC2CCCCC2)c(C(=O)OC)c1.CNS(=O)(=O)c1ccc(F)c(C(=O)O)c1.CNS(=O)(=O)c1ccc(F)c(C(=O)OC)c1.NC1CCCCC1.O.O=C(O)c1cc(S(=O)(=O)Cl)ccc1F. The lowest BCUT2D eigenvalue weighted by molar-refractivity contribution is 0.0587. The molecule has 0 amide bonds. The number of sulfonamides is 4. The summed E-state index contributed by atoms with van der Waals surface area (Å²) in [5.74, 6) is -5.02. The molecule has 0 spiro atoms. The number of aromatic carboxylic acids is 2. The van der Waals surface area contributed by atoms with Crippen molar-refractivity contribution in [2.75, 3.05) is 49.5 Å². The van der Waals surface area contributed by atoms with E-state index >= 15 is 0 Å². The third kappa shape index (κ3) is 31.6. The second-order valence-electron chi connectivity index (χ2n) is 23.1. The van der Waals surface area contributed by atoms with Gasteiger partial charge < -0.3 is 46.9 Å². The topological polar surface area (TPSA) is 518 Å². The molecule has 3 saturated carbocycles. The van der Waals surface area contributed by atoms with E-state index in [4.69, 9.17) is 47.0 Å². The molecule has 105 heavy (non-hydrogen) atoms. The second-order valence-corrected chi connectivity index (χ2v) is 33.2. The van der Waals surface area contributed by atoms with Crippen LogP contribution < -0.4 is 36.1 Å². The van der Waals surface area contributed by atoms with Crippen molar-refractivity contribution < 1.29 is 104 Å². The van der Waals surface area contributed by atoms with E-state index in [1.165, 1.54) is 139 Å². The first kappa shape index (κ1) is 95.2. The van der Waals surface area contributed by atoms with Crippen molar-refractivity contribution in [1.82, 2.24) is 29.0 Å². The fourth-order valence-electron chi connectivity index (χ4n) is 10.3. The standard InChI is InChI=1S/C17H23N3O3S.C16H23NO4S.C9H10FNO4S.C8H8FNO4S.C7H4ClFO4S.C6H13N.C2H6N2.CH5N.H2O/c1-12-19-17(23-20-12)16-11-15(24(21,22)18-2)9-8-14(16)10-13-6-4-3-5-7-13;1-17-22(19,20)14-9-8-13(15(11-14)16(18)21-2)10-12-6-4-3-5-7-12;1-11-16(13,14)6-3-4-8(10)7(5-6)9(12)15-2;1-10-15(13,14)5-2-3-7(9)6(4-5)8(11)12;8-14(12,13)4-1-2-6(9)5(3-4)7(10)11;7-6-4-2-1-3-5-6;1-2(3)4;1-2;/h8-9,11,13,18H,3-7,10H2,1-2H3;8-9,11-12,17H,3-7,10H2,1-2H3;3-5,11H,1-2H3;2-4,10H,1H3,(H,11,12);1-3H,(H,10,11);6H,1-5,7H2;1H3,(H3,3,4);2H2,1H3;1H2. The highest BCUT2D eigenvalue weighted by molar-refractivity contribution is 8.13. The molecule has 0 saturated heterocycles. The molecular weight excluding hydrogens is 1510 g/mol. The number of esters is 2. The van der Waals surface area contributed by atoms with Crippen LogP contribution in [0.5, 0.6) is 0 Å². The lowest BCUT2D eigenvalue weighted by Crippen LogP contribution is -2.22. The lowest BCUT2D eigenvalue weighted by atomic mass is 9.84. The Labute approximate surface area is 615 Å². The van der Waals surface area contributed by atoms with Crippen molar-refractivity contribution in [2.24, 2.45) is 29.0 Å². The fraction of sp³-hybridized carbons (Fsp3) is 0.439. The van der Waals surface area contributed by atoms with Crippen LogP contribution in [0.3, 0.4) is 0 Å². The number of halogens is 4. The van der Waals surface area contributed by atoms with E-state index in [1.807, 2.05) is 10.8 Å². The predicted octanol–water partition coefficient (Wildman–Crippen LogP) is 7.95. The maximum Gasteiger partial charge on any atom is 0.340 e. The van der Waals surface area contributed by atoms with Crippen LogP contribution in [-0.4, -0.2) is 153 Å². The molecule has 39 heteroatoms. The van der Waals surface area contributed by atoms with Crippen LogP contribution in [0.25, 0.3) is 11.5 Å². The van der Waals surface area contributed by atoms with E-state index in [2.05, 4.69) is 34.8 Å². The first-order valence-electron chi connectivity index (χ1n) is 32.1. The Morgan fingerprint density at radius 2 is 0.838 bits per heavy atom. The van der Waals surface area contributed by atoms with Crippen molar-refractivity contribution >= 4 is 89.5 Å². The minimum Gasteiger partial charge on any atom is -0.478 e. The number of aryl methyl sites for hydroxylation is 1. The van der Waals surface area contributed by atoms with Gasteiger partial charge in [0.05, 0.1) is 66.8 Å². The molecule has 0 unspecified atom stereocenters. The van der Waals surface area contributed by atoms with Crippen molar-refractivity contribution in [2.45, 2.75) is 154 Å². The Bertz CT molecular complexity index is 4440. The van der Waals surface area contributed by atoms with Crippen molar-refractivity contribution in [3.05, 3.63) is 148 Å². The van der Waals surface area contributed by atoms with E-state index in [-0.39, 0.29) is 30.9 Å². The van der Waals surface area contributed by atoms with Gasteiger partial charge in [-0.25, -0.2) is 93.3 Å². The first-order chi connectivity index (χ1) is 48.7. The normalized spacial score (nSPS) is 14.0. The molecule has 586 valence electrons. The zero-order valence-electron chi connectivity index (χ0n) is 59.4. The number of rotatable bonds is 18. The van der Waals surface area contributed by atoms with Crippen molar-refractivity contribution in [3.63, 3.8) is 0 Å². The average molecular weight is 1600 g/mol. The molecule has 5 aromatic carbocycles. The maximum atomic E-state index is 13.2. The molecule has 0 bridgehead atoms. The minimum absolute atomic E-state index is 0. The molecule has 3 aliphatic rings. The molecule has 0 atom stereocenters. The predicted molar refractivity (Wildman–Crippen MR) is 388 cm³/mol. The van der Waals surface area contributed by atoms with Crippen LogP contribution in [0.15, 0.2) is 120 Å². The highest BCUT2D eigenvalue weighted by Crippen LogP contribution is 2.33. The summed E-state index contributed by atoms with van der Waals surface area (Å²) in [6.45, 7) is 3.28.